The molecule has 0 radical (unpaired) electrons. The van der Waals surface area contributed by atoms with Crippen LogP contribution in [0, 0.1) is 11.6 Å². The molecular formula is C17H16F2N2O5. The van der Waals surface area contributed by atoms with Crippen LogP contribution in [0.3, 0.4) is 0 Å². The molecule has 0 aliphatic rings. The van der Waals surface area contributed by atoms with Crippen molar-refractivity contribution in [1.82, 2.24) is 0 Å². The molecule has 2 aromatic carbocycles. The van der Waals surface area contributed by atoms with Crippen molar-refractivity contribution < 1.29 is 32.6 Å². The molecule has 9 heteroatoms. The molecule has 0 heterocycles. The normalized spacial score (nSPS) is 10.2. The Balaban J connectivity index is 2.31. The first-order chi connectivity index (χ1) is 12.3. The molecule has 0 unspecified atom stereocenters. The summed E-state index contributed by atoms with van der Waals surface area (Å²) >= 11 is 0. The molecule has 0 aromatic heterocycles. The summed E-state index contributed by atoms with van der Waals surface area (Å²) in [7, 11) is 2.67. The van der Waals surface area contributed by atoms with E-state index in [1.165, 1.54) is 32.4 Å². The third-order valence-electron chi connectivity index (χ3n) is 3.26. The highest BCUT2D eigenvalue weighted by atomic mass is 19.2. The molecule has 0 spiro atoms. The topological polar surface area (TPSA) is 99.9 Å². The number of methoxy groups -OCH3 is 2. The number of rotatable bonds is 7. The Labute approximate surface area is 147 Å². The van der Waals surface area contributed by atoms with Crippen LogP contribution in [-0.4, -0.2) is 32.6 Å². The van der Waals surface area contributed by atoms with Crippen LogP contribution >= 0.6 is 0 Å². The van der Waals surface area contributed by atoms with Crippen LogP contribution in [0.25, 0.3) is 0 Å². The fourth-order valence-corrected chi connectivity index (χ4v) is 2.07. The summed E-state index contributed by atoms with van der Waals surface area (Å²) in [4.78, 5) is 23.3. The molecule has 0 bridgehead atoms. The van der Waals surface area contributed by atoms with E-state index in [1.807, 2.05) is 0 Å². The van der Waals surface area contributed by atoms with E-state index in [9.17, 15) is 18.4 Å². The van der Waals surface area contributed by atoms with Gasteiger partial charge >= 0.3 is 0 Å². The quantitative estimate of drug-likeness (QED) is 0.782. The lowest BCUT2D eigenvalue weighted by molar-refractivity contribution is -0.120. The average Bonchev–Trinajstić information content (AvgIpc) is 2.62. The number of carbonyl (C=O) groups is 2. The Morgan fingerprint density at radius 3 is 2.15 bits per heavy atom. The van der Waals surface area contributed by atoms with Gasteiger partial charge in [-0.2, -0.15) is 0 Å². The SMILES string of the molecule is COc1cc(C(=O)Nc2ccc(F)c(F)c2)cc(OC)c1OCC(N)=O. The number of hydrogen-bond donors (Lipinski definition) is 2. The minimum Gasteiger partial charge on any atom is -0.493 e. The van der Waals surface area contributed by atoms with Crippen LogP contribution in [-0.2, 0) is 4.79 Å². The van der Waals surface area contributed by atoms with Crippen LogP contribution in [0.15, 0.2) is 30.3 Å². The van der Waals surface area contributed by atoms with E-state index in [1.54, 1.807) is 0 Å². The Morgan fingerprint density at radius 2 is 1.65 bits per heavy atom. The monoisotopic (exact) mass is 366 g/mol. The maximum atomic E-state index is 13.3. The molecule has 7 nitrogen and oxygen atoms in total. The van der Waals surface area contributed by atoms with Gasteiger partial charge in [0, 0.05) is 17.3 Å². The maximum Gasteiger partial charge on any atom is 0.255 e. The lowest BCUT2D eigenvalue weighted by atomic mass is 10.1. The summed E-state index contributed by atoms with van der Waals surface area (Å²) < 4.78 is 41.8. The zero-order valence-electron chi connectivity index (χ0n) is 14.0. The Hall–Kier alpha value is -3.36. The zero-order valence-corrected chi connectivity index (χ0v) is 14.0. The number of anilines is 1. The smallest absolute Gasteiger partial charge is 0.255 e. The minimum absolute atomic E-state index is 0.0703. The molecule has 2 amide bonds. The van der Waals surface area contributed by atoms with Gasteiger partial charge in [-0.3, -0.25) is 9.59 Å². The van der Waals surface area contributed by atoms with Crippen LogP contribution in [0.2, 0.25) is 0 Å². The zero-order chi connectivity index (χ0) is 19.3. The predicted octanol–water partition coefficient (Wildman–Crippen LogP) is 2.10. The van der Waals surface area contributed by atoms with Gasteiger partial charge in [0.15, 0.2) is 29.7 Å². The maximum absolute atomic E-state index is 13.3. The van der Waals surface area contributed by atoms with Gasteiger partial charge in [-0.15, -0.1) is 0 Å². The molecule has 26 heavy (non-hydrogen) atoms. The fraction of sp³-hybridized carbons (Fsp3) is 0.176. The van der Waals surface area contributed by atoms with E-state index in [2.05, 4.69) is 5.32 Å². The summed E-state index contributed by atoms with van der Waals surface area (Å²) in [5, 5.41) is 2.43. The van der Waals surface area contributed by atoms with E-state index < -0.39 is 30.1 Å². The Bertz CT molecular complexity index is 817. The molecule has 0 saturated heterocycles. The van der Waals surface area contributed by atoms with E-state index in [0.29, 0.717) is 0 Å². The second-order valence-corrected chi connectivity index (χ2v) is 5.05. The van der Waals surface area contributed by atoms with E-state index >= 15 is 0 Å². The number of nitrogens with two attached hydrogens (primary N) is 1. The lowest BCUT2D eigenvalue weighted by Crippen LogP contribution is -2.20. The molecule has 2 rings (SSSR count). The van der Waals surface area contributed by atoms with E-state index in [-0.39, 0.29) is 28.5 Å². The standard InChI is InChI=1S/C17H16F2N2O5/c1-24-13-5-9(6-14(25-2)16(13)26-8-15(20)22)17(23)21-10-3-4-11(18)12(19)7-10/h3-7H,8H2,1-2H3,(H2,20,22)(H,21,23). The fourth-order valence-electron chi connectivity index (χ4n) is 2.07. The van der Waals surface area contributed by atoms with Crippen molar-refractivity contribution in [3.8, 4) is 17.2 Å². The van der Waals surface area contributed by atoms with Gasteiger partial charge in [0.05, 0.1) is 14.2 Å². The summed E-state index contributed by atoms with van der Waals surface area (Å²) in [6.45, 7) is -0.410. The van der Waals surface area contributed by atoms with Gasteiger partial charge in [0.25, 0.3) is 11.8 Å². The number of ether oxygens (including phenoxy) is 3. The van der Waals surface area contributed by atoms with Crippen molar-refractivity contribution in [1.29, 1.82) is 0 Å². The second kappa shape index (κ2) is 8.15. The first kappa shape index (κ1) is 19.0. The molecule has 0 aliphatic carbocycles. The largest absolute Gasteiger partial charge is 0.493 e. The molecule has 0 saturated carbocycles. The van der Waals surface area contributed by atoms with Crippen LogP contribution in [0.1, 0.15) is 10.4 Å². The molecule has 0 fully saturated rings. The molecular weight excluding hydrogens is 350 g/mol. The number of carbonyl (C=O) groups excluding carboxylic acids is 2. The summed E-state index contributed by atoms with van der Waals surface area (Å²) in [6, 6.07) is 5.65. The number of amides is 2. The highest BCUT2D eigenvalue weighted by molar-refractivity contribution is 6.05. The third kappa shape index (κ3) is 4.38. The van der Waals surface area contributed by atoms with E-state index in [0.717, 1.165) is 12.1 Å². The molecule has 0 aliphatic heterocycles. The minimum atomic E-state index is -1.09. The van der Waals surface area contributed by atoms with Gasteiger partial charge in [-0.1, -0.05) is 0 Å². The van der Waals surface area contributed by atoms with Gasteiger partial charge in [0.1, 0.15) is 0 Å². The molecule has 2 aromatic rings. The Kier molecular flexibility index (Phi) is 5.94. The van der Waals surface area contributed by atoms with Crippen molar-refractivity contribution in [3.63, 3.8) is 0 Å². The van der Waals surface area contributed by atoms with Crippen molar-refractivity contribution in [2.45, 2.75) is 0 Å². The predicted molar refractivity (Wildman–Crippen MR) is 88.5 cm³/mol. The number of halogens is 2. The van der Waals surface area contributed by atoms with Crippen molar-refractivity contribution >= 4 is 17.5 Å². The van der Waals surface area contributed by atoms with Crippen LogP contribution in [0.5, 0.6) is 17.2 Å². The second-order valence-electron chi connectivity index (χ2n) is 5.05. The van der Waals surface area contributed by atoms with Gasteiger partial charge in [-0.05, 0) is 24.3 Å². The number of hydrogen-bond acceptors (Lipinski definition) is 5. The summed E-state index contributed by atoms with van der Waals surface area (Å²) in [5.74, 6) is -3.08. The van der Waals surface area contributed by atoms with Gasteiger partial charge < -0.3 is 25.3 Å². The van der Waals surface area contributed by atoms with Crippen LogP contribution < -0.4 is 25.3 Å². The van der Waals surface area contributed by atoms with Crippen molar-refractivity contribution in [2.24, 2.45) is 5.73 Å². The van der Waals surface area contributed by atoms with Gasteiger partial charge in [-0.25, -0.2) is 8.78 Å². The number of primary amides is 1. The van der Waals surface area contributed by atoms with Crippen molar-refractivity contribution in [3.05, 3.63) is 47.5 Å². The summed E-state index contributed by atoms with van der Waals surface area (Å²) in [6.07, 6.45) is 0. The highest BCUT2D eigenvalue weighted by Crippen LogP contribution is 2.38. The van der Waals surface area contributed by atoms with Crippen molar-refractivity contribution in [2.75, 3.05) is 26.1 Å². The average molecular weight is 366 g/mol. The Morgan fingerprint density at radius 1 is 1.04 bits per heavy atom. The molecule has 0 atom stereocenters. The first-order valence-corrected chi connectivity index (χ1v) is 7.29. The number of nitrogens with one attached hydrogen (secondary N) is 1. The third-order valence-corrected chi connectivity index (χ3v) is 3.26. The van der Waals surface area contributed by atoms with Crippen LogP contribution in [0.4, 0.5) is 14.5 Å². The summed E-state index contributed by atoms with van der Waals surface area (Å²) in [5.41, 5.74) is 5.22. The number of benzene rings is 2. The first-order valence-electron chi connectivity index (χ1n) is 7.29. The van der Waals surface area contributed by atoms with Gasteiger partial charge in [0.2, 0.25) is 5.75 Å². The lowest BCUT2D eigenvalue weighted by Gasteiger charge is -2.15. The molecule has 138 valence electrons. The highest BCUT2D eigenvalue weighted by Gasteiger charge is 2.19. The van der Waals surface area contributed by atoms with E-state index in [4.69, 9.17) is 19.9 Å². The molecule has 3 N–H and O–H groups in total.